The smallest absolute Gasteiger partial charge is 0.136 e. The van der Waals surface area contributed by atoms with E-state index in [-0.39, 0.29) is 17.9 Å². The molecule has 1 saturated heterocycles. The Morgan fingerprint density at radius 3 is 2.69 bits per heavy atom. The summed E-state index contributed by atoms with van der Waals surface area (Å²) in [4.78, 5) is 11.4. The van der Waals surface area contributed by atoms with Crippen molar-refractivity contribution < 1.29 is 14.6 Å². The van der Waals surface area contributed by atoms with Gasteiger partial charge in [0.1, 0.15) is 5.78 Å². The van der Waals surface area contributed by atoms with Gasteiger partial charge in [0.25, 0.3) is 0 Å². The van der Waals surface area contributed by atoms with E-state index in [4.69, 9.17) is 4.74 Å². The fourth-order valence-electron chi connectivity index (χ4n) is 2.29. The first kappa shape index (κ1) is 9.16. The van der Waals surface area contributed by atoms with E-state index in [2.05, 4.69) is 0 Å². The van der Waals surface area contributed by atoms with Crippen LogP contribution < -0.4 is 0 Å². The van der Waals surface area contributed by atoms with Gasteiger partial charge in [-0.1, -0.05) is 0 Å². The second-order valence-electron chi connectivity index (χ2n) is 4.41. The molecular weight excluding hydrogens is 168 g/mol. The van der Waals surface area contributed by atoms with E-state index >= 15 is 0 Å². The zero-order valence-electron chi connectivity index (χ0n) is 7.79. The minimum absolute atomic E-state index is 0.0787. The fraction of sp³-hybridized carbons (Fsp3) is 0.900. The van der Waals surface area contributed by atoms with Gasteiger partial charge >= 0.3 is 0 Å². The Kier molecular flexibility index (Phi) is 2.39. The van der Waals surface area contributed by atoms with E-state index in [9.17, 15) is 9.90 Å². The summed E-state index contributed by atoms with van der Waals surface area (Å²) in [6.45, 7) is 1.43. The zero-order chi connectivity index (χ0) is 9.31. The molecule has 74 valence electrons. The van der Waals surface area contributed by atoms with Crippen LogP contribution in [0.1, 0.15) is 25.7 Å². The molecule has 0 aromatic rings. The Bertz CT molecular complexity index is 203. The van der Waals surface area contributed by atoms with Crippen LogP contribution in [0.25, 0.3) is 0 Å². The number of hydrogen-bond donors (Lipinski definition) is 1. The van der Waals surface area contributed by atoms with E-state index < -0.39 is 0 Å². The molecule has 2 aliphatic rings. The van der Waals surface area contributed by atoms with Crippen molar-refractivity contribution in [2.24, 2.45) is 11.3 Å². The lowest BCUT2D eigenvalue weighted by Crippen LogP contribution is -2.47. The first-order valence-corrected chi connectivity index (χ1v) is 4.97. The highest BCUT2D eigenvalue weighted by atomic mass is 16.5. The number of ketones is 1. The molecule has 0 aromatic carbocycles. The highest BCUT2D eigenvalue weighted by Crippen LogP contribution is 2.38. The van der Waals surface area contributed by atoms with Crippen LogP contribution >= 0.6 is 0 Å². The van der Waals surface area contributed by atoms with Crippen molar-refractivity contribution in [3.05, 3.63) is 0 Å². The summed E-state index contributed by atoms with van der Waals surface area (Å²) in [5.41, 5.74) is -0.0787. The molecule has 1 aliphatic heterocycles. The van der Waals surface area contributed by atoms with Gasteiger partial charge in [0.15, 0.2) is 0 Å². The van der Waals surface area contributed by atoms with Crippen molar-refractivity contribution in [1.82, 2.24) is 0 Å². The molecule has 1 aliphatic carbocycles. The predicted octanol–water partition coefficient (Wildman–Crippen LogP) is 0.755. The third-order valence-corrected chi connectivity index (χ3v) is 3.26. The molecule has 3 nitrogen and oxygen atoms in total. The number of aliphatic hydroxyl groups excluding tert-OH is 1. The first-order valence-electron chi connectivity index (χ1n) is 4.97. The summed E-state index contributed by atoms with van der Waals surface area (Å²) in [7, 11) is 0. The van der Waals surface area contributed by atoms with E-state index in [0.29, 0.717) is 19.0 Å². The number of ether oxygens (including phenoxy) is 1. The molecule has 13 heavy (non-hydrogen) atoms. The normalized spacial score (nSPS) is 31.8. The van der Waals surface area contributed by atoms with Crippen molar-refractivity contribution in [3.8, 4) is 0 Å². The largest absolute Gasteiger partial charge is 0.396 e. The maximum Gasteiger partial charge on any atom is 0.136 e. The monoisotopic (exact) mass is 184 g/mol. The Labute approximate surface area is 78.1 Å². The topological polar surface area (TPSA) is 46.5 Å². The van der Waals surface area contributed by atoms with Gasteiger partial charge in [-0.3, -0.25) is 4.79 Å². The average molecular weight is 184 g/mol. The molecule has 1 saturated carbocycles. The van der Waals surface area contributed by atoms with E-state index in [1.165, 1.54) is 0 Å². The van der Waals surface area contributed by atoms with E-state index in [0.717, 1.165) is 25.7 Å². The van der Waals surface area contributed by atoms with Gasteiger partial charge in [0.2, 0.25) is 0 Å². The maximum atomic E-state index is 11.4. The quantitative estimate of drug-likeness (QED) is 0.704. The Balaban J connectivity index is 1.92. The molecule has 0 radical (unpaired) electrons. The number of hydrogen-bond acceptors (Lipinski definition) is 3. The van der Waals surface area contributed by atoms with Crippen LogP contribution in [-0.2, 0) is 9.53 Å². The number of carbonyl (C=O) groups is 1. The van der Waals surface area contributed by atoms with Gasteiger partial charge in [-0.15, -0.1) is 0 Å². The Morgan fingerprint density at radius 1 is 1.54 bits per heavy atom. The molecule has 2 fully saturated rings. The van der Waals surface area contributed by atoms with E-state index in [1.807, 2.05) is 0 Å². The van der Waals surface area contributed by atoms with Crippen molar-refractivity contribution in [2.75, 3.05) is 19.8 Å². The van der Waals surface area contributed by atoms with Crippen LogP contribution in [0, 0.1) is 11.3 Å². The third-order valence-electron chi connectivity index (χ3n) is 3.26. The number of carbonyl (C=O) groups excluding carboxylic acids is 1. The fourth-order valence-corrected chi connectivity index (χ4v) is 2.29. The van der Waals surface area contributed by atoms with Crippen molar-refractivity contribution in [3.63, 3.8) is 0 Å². The summed E-state index contributed by atoms with van der Waals surface area (Å²) >= 11 is 0. The SMILES string of the molecule is O=C1CCCC1CC1(CO)COC1. The lowest BCUT2D eigenvalue weighted by molar-refractivity contribution is -0.151. The second-order valence-corrected chi connectivity index (χ2v) is 4.41. The molecule has 0 aromatic heterocycles. The summed E-state index contributed by atoms with van der Waals surface area (Å²) in [6, 6.07) is 0. The van der Waals surface area contributed by atoms with E-state index in [1.54, 1.807) is 0 Å². The molecule has 0 spiro atoms. The van der Waals surface area contributed by atoms with Crippen LogP contribution in [0.4, 0.5) is 0 Å². The van der Waals surface area contributed by atoms with Crippen LogP contribution in [-0.4, -0.2) is 30.7 Å². The summed E-state index contributed by atoms with van der Waals surface area (Å²) in [5.74, 6) is 0.593. The highest BCUT2D eigenvalue weighted by molar-refractivity contribution is 5.82. The van der Waals surface area contributed by atoms with Crippen molar-refractivity contribution >= 4 is 5.78 Å². The first-order chi connectivity index (χ1) is 6.26. The van der Waals surface area contributed by atoms with Gasteiger partial charge in [-0.25, -0.2) is 0 Å². The Hall–Kier alpha value is -0.410. The molecule has 1 unspecified atom stereocenters. The molecular formula is C10H16O3. The van der Waals surface area contributed by atoms with Gasteiger partial charge in [0.05, 0.1) is 19.8 Å². The third kappa shape index (κ3) is 1.63. The molecule has 0 bridgehead atoms. The number of Topliss-reactive ketones (excluding diaryl/α,β-unsaturated/α-hetero) is 1. The lowest BCUT2D eigenvalue weighted by Gasteiger charge is -2.41. The predicted molar refractivity (Wildman–Crippen MR) is 47.3 cm³/mol. The van der Waals surface area contributed by atoms with Gasteiger partial charge < -0.3 is 9.84 Å². The number of aliphatic hydroxyl groups is 1. The molecule has 1 heterocycles. The van der Waals surface area contributed by atoms with Gasteiger partial charge in [-0.2, -0.15) is 0 Å². The second kappa shape index (κ2) is 3.39. The van der Waals surface area contributed by atoms with Gasteiger partial charge in [-0.05, 0) is 19.3 Å². The maximum absolute atomic E-state index is 11.4. The minimum Gasteiger partial charge on any atom is -0.396 e. The molecule has 3 heteroatoms. The summed E-state index contributed by atoms with van der Waals surface area (Å²) < 4.78 is 5.10. The highest BCUT2D eigenvalue weighted by Gasteiger charge is 2.42. The Morgan fingerprint density at radius 2 is 2.31 bits per heavy atom. The minimum atomic E-state index is -0.0787. The molecule has 2 rings (SSSR count). The molecule has 1 atom stereocenters. The van der Waals surface area contributed by atoms with Crippen molar-refractivity contribution in [1.29, 1.82) is 0 Å². The van der Waals surface area contributed by atoms with Crippen LogP contribution in [0.3, 0.4) is 0 Å². The van der Waals surface area contributed by atoms with Crippen LogP contribution in [0.2, 0.25) is 0 Å². The van der Waals surface area contributed by atoms with Crippen LogP contribution in [0.5, 0.6) is 0 Å². The average Bonchev–Trinajstić information content (AvgIpc) is 2.44. The molecule has 1 N–H and O–H groups in total. The number of rotatable bonds is 3. The van der Waals surface area contributed by atoms with Crippen molar-refractivity contribution in [2.45, 2.75) is 25.7 Å². The summed E-state index contributed by atoms with van der Waals surface area (Å²) in [5, 5.41) is 9.19. The molecule has 0 amide bonds. The lowest BCUT2D eigenvalue weighted by atomic mass is 9.77. The standard InChI is InChI=1S/C10H16O3/c11-5-10(6-13-7-10)4-8-2-1-3-9(8)12/h8,11H,1-7H2. The summed E-state index contributed by atoms with van der Waals surface area (Å²) in [6.07, 6.45) is 3.63. The van der Waals surface area contributed by atoms with Gasteiger partial charge in [0, 0.05) is 17.8 Å². The zero-order valence-corrected chi connectivity index (χ0v) is 7.79. The van der Waals surface area contributed by atoms with Crippen LogP contribution in [0.15, 0.2) is 0 Å².